The van der Waals surface area contributed by atoms with E-state index in [0.717, 1.165) is 12.1 Å². The third-order valence-electron chi connectivity index (χ3n) is 3.23. The maximum atomic E-state index is 12.1. The Morgan fingerprint density at radius 3 is 2.85 bits per heavy atom. The van der Waals surface area contributed by atoms with Crippen molar-refractivity contribution in [1.82, 2.24) is 5.32 Å². The maximum absolute atomic E-state index is 12.1. The molecule has 0 bridgehead atoms. The Morgan fingerprint density at radius 1 is 1.35 bits per heavy atom. The lowest BCUT2D eigenvalue weighted by Crippen LogP contribution is -2.24. The van der Waals surface area contributed by atoms with Crippen LogP contribution in [-0.2, 0) is 11.2 Å². The molecule has 20 heavy (non-hydrogen) atoms. The maximum Gasteiger partial charge on any atom is 0.224 e. The largest absolute Gasteiger partial charge is 0.492 e. The number of carbonyl (C=O) groups is 2. The molecule has 5 nitrogen and oxygen atoms in total. The number of nitrogens with one attached hydrogen (secondary N) is 2. The number of hydrogen-bond donors (Lipinski definition) is 2. The van der Waals surface area contributed by atoms with Gasteiger partial charge in [0, 0.05) is 12.0 Å². The van der Waals surface area contributed by atoms with Gasteiger partial charge >= 0.3 is 0 Å². The summed E-state index contributed by atoms with van der Waals surface area (Å²) >= 11 is 0. The van der Waals surface area contributed by atoms with Crippen LogP contribution in [0, 0.1) is 0 Å². The minimum Gasteiger partial charge on any atom is -0.492 e. The van der Waals surface area contributed by atoms with Gasteiger partial charge < -0.3 is 15.4 Å². The zero-order valence-corrected chi connectivity index (χ0v) is 11.9. The Labute approximate surface area is 118 Å². The van der Waals surface area contributed by atoms with Crippen LogP contribution in [0.1, 0.15) is 36.2 Å². The average Bonchev–Trinajstić information content (AvgIpc) is 2.45. The average molecular weight is 276 g/mol. The number of hydrogen-bond acceptors (Lipinski definition) is 4. The molecule has 0 saturated heterocycles. The van der Waals surface area contributed by atoms with Crippen molar-refractivity contribution in [3.05, 3.63) is 23.3 Å². The van der Waals surface area contributed by atoms with E-state index in [9.17, 15) is 9.59 Å². The van der Waals surface area contributed by atoms with E-state index in [2.05, 4.69) is 10.6 Å². The summed E-state index contributed by atoms with van der Waals surface area (Å²) in [6, 6.07) is 3.57. The molecule has 108 valence electrons. The molecule has 0 atom stereocenters. The number of ether oxygens (including phenoxy) is 1. The van der Waals surface area contributed by atoms with Crippen LogP contribution in [0.3, 0.4) is 0 Å². The molecule has 1 aromatic rings. The SMILES string of the molecule is CCNCC(=O)c1cc2c(c(OCC)c1)NC(=O)CC2. The van der Waals surface area contributed by atoms with E-state index in [1.807, 2.05) is 19.9 Å². The van der Waals surface area contributed by atoms with Crippen LogP contribution in [0.2, 0.25) is 0 Å². The third-order valence-corrected chi connectivity index (χ3v) is 3.23. The van der Waals surface area contributed by atoms with Crippen molar-refractivity contribution in [2.75, 3.05) is 25.0 Å². The molecule has 0 radical (unpaired) electrons. The molecule has 1 amide bonds. The first-order valence-electron chi connectivity index (χ1n) is 6.99. The number of fused-ring (bicyclic) bond motifs is 1. The highest BCUT2D eigenvalue weighted by Crippen LogP contribution is 2.34. The van der Waals surface area contributed by atoms with E-state index in [4.69, 9.17) is 4.74 Å². The second kappa shape index (κ2) is 6.52. The summed E-state index contributed by atoms with van der Waals surface area (Å²) in [5.41, 5.74) is 2.31. The fourth-order valence-corrected chi connectivity index (χ4v) is 2.23. The second-order valence-corrected chi connectivity index (χ2v) is 4.69. The lowest BCUT2D eigenvalue weighted by molar-refractivity contribution is -0.116. The summed E-state index contributed by atoms with van der Waals surface area (Å²) in [6.07, 6.45) is 1.09. The van der Waals surface area contributed by atoms with E-state index in [-0.39, 0.29) is 11.7 Å². The molecule has 2 rings (SSSR count). The molecule has 1 aromatic carbocycles. The van der Waals surface area contributed by atoms with Crippen molar-refractivity contribution in [2.24, 2.45) is 0 Å². The molecule has 5 heteroatoms. The zero-order valence-electron chi connectivity index (χ0n) is 11.9. The van der Waals surface area contributed by atoms with Crippen LogP contribution in [0.15, 0.2) is 12.1 Å². The summed E-state index contributed by atoms with van der Waals surface area (Å²) in [5.74, 6) is 0.607. The van der Waals surface area contributed by atoms with Gasteiger partial charge in [0.25, 0.3) is 0 Å². The van der Waals surface area contributed by atoms with Crippen LogP contribution in [-0.4, -0.2) is 31.4 Å². The highest BCUT2D eigenvalue weighted by Gasteiger charge is 2.21. The Bertz CT molecular complexity index is 526. The quantitative estimate of drug-likeness (QED) is 0.777. The normalized spacial score (nSPS) is 13.6. The fraction of sp³-hybridized carbons (Fsp3) is 0.467. The van der Waals surface area contributed by atoms with Crippen molar-refractivity contribution in [3.63, 3.8) is 0 Å². The van der Waals surface area contributed by atoms with Crippen molar-refractivity contribution in [2.45, 2.75) is 26.7 Å². The number of Topliss-reactive ketones (excluding diaryl/α,β-unsaturated/α-hetero) is 1. The molecule has 0 spiro atoms. The smallest absolute Gasteiger partial charge is 0.224 e. The molecule has 0 aliphatic carbocycles. The predicted octanol–water partition coefficient (Wildman–Crippen LogP) is 1.76. The molecule has 0 saturated carbocycles. The summed E-state index contributed by atoms with van der Waals surface area (Å²) in [5, 5.41) is 5.86. The zero-order chi connectivity index (χ0) is 14.5. The molecule has 0 unspecified atom stereocenters. The van der Waals surface area contributed by atoms with Crippen LogP contribution >= 0.6 is 0 Å². The van der Waals surface area contributed by atoms with Gasteiger partial charge in [0.15, 0.2) is 5.78 Å². The first-order chi connectivity index (χ1) is 9.65. The van der Waals surface area contributed by atoms with Crippen LogP contribution in [0.25, 0.3) is 0 Å². The van der Waals surface area contributed by atoms with Crippen LogP contribution in [0.5, 0.6) is 5.75 Å². The van der Waals surface area contributed by atoms with E-state index < -0.39 is 0 Å². The van der Waals surface area contributed by atoms with Gasteiger partial charge in [0.1, 0.15) is 5.75 Å². The molecule has 0 fully saturated rings. The molecule has 1 heterocycles. The van der Waals surface area contributed by atoms with E-state index in [0.29, 0.717) is 43.0 Å². The molecule has 2 N–H and O–H groups in total. The Balaban J connectivity index is 2.33. The number of amides is 1. The van der Waals surface area contributed by atoms with Crippen LogP contribution < -0.4 is 15.4 Å². The van der Waals surface area contributed by atoms with Crippen molar-refractivity contribution >= 4 is 17.4 Å². The van der Waals surface area contributed by atoms with Gasteiger partial charge in [0.05, 0.1) is 18.8 Å². The number of benzene rings is 1. The lowest BCUT2D eigenvalue weighted by atomic mass is 9.97. The summed E-state index contributed by atoms with van der Waals surface area (Å²) in [4.78, 5) is 23.6. The van der Waals surface area contributed by atoms with Gasteiger partial charge in [0.2, 0.25) is 5.91 Å². The van der Waals surface area contributed by atoms with Gasteiger partial charge in [-0.1, -0.05) is 6.92 Å². The molecule has 0 aromatic heterocycles. The van der Waals surface area contributed by atoms with E-state index in [1.165, 1.54) is 0 Å². The number of likely N-dealkylation sites (N-methyl/N-ethyl adjacent to an activating group) is 1. The number of carbonyl (C=O) groups excluding carboxylic acids is 2. The van der Waals surface area contributed by atoms with Gasteiger partial charge in [-0.3, -0.25) is 9.59 Å². The second-order valence-electron chi connectivity index (χ2n) is 4.69. The van der Waals surface area contributed by atoms with Crippen molar-refractivity contribution in [3.8, 4) is 5.75 Å². The predicted molar refractivity (Wildman–Crippen MR) is 77.4 cm³/mol. The standard InChI is InChI=1S/C15H20N2O3/c1-3-16-9-12(18)11-7-10-5-6-14(19)17-15(10)13(8-11)20-4-2/h7-8,16H,3-6,9H2,1-2H3,(H,17,19). The first-order valence-corrected chi connectivity index (χ1v) is 6.99. The van der Waals surface area contributed by atoms with E-state index in [1.54, 1.807) is 6.07 Å². The molecular weight excluding hydrogens is 256 g/mol. The van der Waals surface area contributed by atoms with Gasteiger partial charge in [-0.2, -0.15) is 0 Å². The third kappa shape index (κ3) is 3.17. The van der Waals surface area contributed by atoms with Gasteiger partial charge in [-0.05, 0) is 37.6 Å². The first kappa shape index (κ1) is 14.5. The molecule has 1 aliphatic heterocycles. The Kier molecular flexibility index (Phi) is 4.74. The minimum absolute atomic E-state index is 0.00909. The summed E-state index contributed by atoms with van der Waals surface area (Å²) < 4.78 is 5.56. The van der Waals surface area contributed by atoms with Crippen molar-refractivity contribution < 1.29 is 14.3 Å². The Hall–Kier alpha value is -1.88. The molecule has 1 aliphatic rings. The number of rotatable bonds is 6. The fourth-order valence-electron chi connectivity index (χ4n) is 2.23. The number of anilines is 1. The number of ketones is 1. The highest BCUT2D eigenvalue weighted by atomic mass is 16.5. The molecular formula is C15H20N2O3. The monoisotopic (exact) mass is 276 g/mol. The summed E-state index contributed by atoms with van der Waals surface area (Å²) in [6.45, 7) is 5.40. The lowest BCUT2D eigenvalue weighted by Gasteiger charge is -2.21. The summed E-state index contributed by atoms with van der Waals surface area (Å²) in [7, 11) is 0. The van der Waals surface area contributed by atoms with Gasteiger partial charge in [-0.15, -0.1) is 0 Å². The van der Waals surface area contributed by atoms with Crippen LogP contribution in [0.4, 0.5) is 5.69 Å². The minimum atomic E-state index is -0.00909. The highest BCUT2D eigenvalue weighted by molar-refractivity contribution is 6.01. The Morgan fingerprint density at radius 2 is 2.15 bits per heavy atom. The van der Waals surface area contributed by atoms with Crippen molar-refractivity contribution in [1.29, 1.82) is 0 Å². The van der Waals surface area contributed by atoms with E-state index >= 15 is 0 Å². The number of aryl methyl sites for hydroxylation is 1. The van der Waals surface area contributed by atoms with Gasteiger partial charge in [-0.25, -0.2) is 0 Å². The topological polar surface area (TPSA) is 67.4 Å².